The van der Waals surface area contributed by atoms with Gasteiger partial charge in [-0.05, 0) is 0 Å². The first-order valence-electron chi connectivity index (χ1n) is 1.78. The lowest BCUT2D eigenvalue weighted by molar-refractivity contribution is 1.69. The highest BCUT2D eigenvalue weighted by Crippen LogP contribution is 1.78. The standard InChI is InChI=1S/C4H8S2/c5-3-1-2-4-6/h1-2,5-6H,3-4H2/b2-1+. The van der Waals surface area contributed by atoms with Crippen LogP contribution in [0.3, 0.4) is 0 Å². The largest absolute Gasteiger partial charge is 0.175 e. The van der Waals surface area contributed by atoms with E-state index in [0.717, 1.165) is 11.5 Å². The summed E-state index contributed by atoms with van der Waals surface area (Å²) in [6.45, 7) is 0. The molecule has 0 saturated carbocycles. The van der Waals surface area contributed by atoms with E-state index in [0.29, 0.717) is 0 Å². The Bertz CT molecular complexity index is 34.8. The highest BCUT2D eigenvalue weighted by Gasteiger charge is 1.60. The monoisotopic (exact) mass is 120 g/mol. The van der Waals surface area contributed by atoms with Gasteiger partial charge < -0.3 is 0 Å². The van der Waals surface area contributed by atoms with Crippen LogP contribution in [0.25, 0.3) is 0 Å². The minimum absolute atomic E-state index is 0.820. The molecule has 0 amide bonds. The first-order chi connectivity index (χ1) is 2.91. The van der Waals surface area contributed by atoms with E-state index in [1.54, 1.807) is 0 Å². The molecule has 0 nitrogen and oxygen atoms in total. The molecule has 0 fully saturated rings. The lowest BCUT2D eigenvalue weighted by Crippen LogP contribution is -1.60. The van der Waals surface area contributed by atoms with Crippen molar-refractivity contribution in [2.45, 2.75) is 0 Å². The molecule has 0 N–H and O–H groups in total. The highest BCUT2D eigenvalue weighted by atomic mass is 32.1. The lowest BCUT2D eigenvalue weighted by atomic mass is 10.6. The molecule has 0 aromatic rings. The summed E-state index contributed by atoms with van der Waals surface area (Å²) >= 11 is 7.87. The predicted molar refractivity (Wildman–Crippen MR) is 36.8 cm³/mol. The Balaban J connectivity index is 2.73. The molecule has 0 aromatic heterocycles. The molecule has 0 aliphatic carbocycles. The molecule has 6 heavy (non-hydrogen) atoms. The van der Waals surface area contributed by atoms with Gasteiger partial charge in [0.15, 0.2) is 0 Å². The maximum absolute atomic E-state index is 3.93. The topological polar surface area (TPSA) is 0 Å². The fourth-order valence-electron chi connectivity index (χ4n) is 0.149. The maximum Gasteiger partial charge on any atom is 0.00828 e. The average Bonchev–Trinajstić information content (AvgIpc) is 1.61. The Hall–Kier alpha value is 0.440. The van der Waals surface area contributed by atoms with Crippen LogP contribution >= 0.6 is 25.3 Å². The quantitative estimate of drug-likeness (QED) is 0.399. The molecule has 0 unspecified atom stereocenters. The number of thiol groups is 2. The van der Waals surface area contributed by atoms with Gasteiger partial charge in [-0.2, -0.15) is 25.3 Å². The van der Waals surface area contributed by atoms with Crippen LogP contribution in [-0.2, 0) is 0 Å². The van der Waals surface area contributed by atoms with Gasteiger partial charge in [0, 0.05) is 11.5 Å². The molecule has 0 radical (unpaired) electrons. The van der Waals surface area contributed by atoms with E-state index >= 15 is 0 Å². The second-order valence-electron chi connectivity index (χ2n) is 0.837. The summed E-state index contributed by atoms with van der Waals surface area (Å²) in [5, 5.41) is 0. The predicted octanol–water partition coefficient (Wildman–Crippen LogP) is 1.40. The molecule has 0 atom stereocenters. The van der Waals surface area contributed by atoms with E-state index in [9.17, 15) is 0 Å². The Morgan fingerprint density at radius 3 is 1.50 bits per heavy atom. The Morgan fingerprint density at radius 2 is 1.33 bits per heavy atom. The number of rotatable bonds is 2. The second kappa shape index (κ2) is 5.44. The third-order valence-corrected chi connectivity index (χ3v) is 0.799. The van der Waals surface area contributed by atoms with Crippen LogP contribution in [0.1, 0.15) is 0 Å². The summed E-state index contributed by atoms with van der Waals surface area (Å²) < 4.78 is 0. The molecule has 0 aromatic carbocycles. The van der Waals surface area contributed by atoms with Gasteiger partial charge in [-0.1, -0.05) is 12.2 Å². The fraction of sp³-hybridized carbons (Fsp3) is 0.500. The Kier molecular flexibility index (Phi) is 5.84. The van der Waals surface area contributed by atoms with Crippen molar-refractivity contribution in [3.8, 4) is 0 Å². The summed E-state index contributed by atoms with van der Waals surface area (Å²) in [5.74, 6) is 1.64. The minimum Gasteiger partial charge on any atom is -0.175 e. The molecule has 2 heteroatoms. The molecular formula is C4H8S2. The number of hydrogen-bond donors (Lipinski definition) is 2. The smallest absolute Gasteiger partial charge is 0.00828 e. The third-order valence-electron chi connectivity index (χ3n) is 0.377. The van der Waals surface area contributed by atoms with Crippen molar-refractivity contribution in [1.29, 1.82) is 0 Å². The van der Waals surface area contributed by atoms with E-state index in [1.807, 2.05) is 12.2 Å². The molecule has 0 aliphatic heterocycles. The van der Waals surface area contributed by atoms with E-state index in [-0.39, 0.29) is 0 Å². The molecule has 0 rings (SSSR count). The van der Waals surface area contributed by atoms with Gasteiger partial charge in [-0.3, -0.25) is 0 Å². The maximum atomic E-state index is 3.93. The minimum atomic E-state index is 0.820. The van der Waals surface area contributed by atoms with Gasteiger partial charge in [0.25, 0.3) is 0 Å². The van der Waals surface area contributed by atoms with Crippen LogP contribution in [0.2, 0.25) is 0 Å². The zero-order chi connectivity index (χ0) is 4.83. The average molecular weight is 120 g/mol. The molecule has 36 valence electrons. The summed E-state index contributed by atoms with van der Waals surface area (Å²) in [7, 11) is 0. The third kappa shape index (κ3) is 4.44. The first-order valence-corrected chi connectivity index (χ1v) is 3.05. The normalized spacial score (nSPS) is 10.3. The van der Waals surface area contributed by atoms with Gasteiger partial charge in [0.05, 0.1) is 0 Å². The Morgan fingerprint density at radius 1 is 1.00 bits per heavy atom. The van der Waals surface area contributed by atoms with Crippen LogP contribution in [0, 0.1) is 0 Å². The first kappa shape index (κ1) is 6.44. The van der Waals surface area contributed by atoms with Crippen LogP contribution in [0.5, 0.6) is 0 Å². The van der Waals surface area contributed by atoms with E-state index in [4.69, 9.17) is 0 Å². The van der Waals surface area contributed by atoms with Crippen LogP contribution < -0.4 is 0 Å². The Labute approximate surface area is 49.5 Å². The molecular weight excluding hydrogens is 112 g/mol. The van der Waals surface area contributed by atoms with E-state index in [1.165, 1.54) is 0 Å². The fourth-order valence-corrected chi connectivity index (χ4v) is 0.447. The van der Waals surface area contributed by atoms with Gasteiger partial charge in [-0.25, -0.2) is 0 Å². The summed E-state index contributed by atoms with van der Waals surface area (Å²) in [5.41, 5.74) is 0. The zero-order valence-electron chi connectivity index (χ0n) is 3.46. The van der Waals surface area contributed by atoms with Crippen LogP contribution in [-0.4, -0.2) is 11.5 Å². The number of hydrogen-bond acceptors (Lipinski definition) is 2. The van der Waals surface area contributed by atoms with Crippen molar-refractivity contribution in [2.75, 3.05) is 11.5 Å². The summed E-state index contributed by atoms with van der Waals surface area (Å²) in [4.78, 5) is 0. The van der Waals surface area contributed by atoms with Crippen molar-refractivity contribution in [3.63, 3.8) is 0 Å². The van der Waals surface area contributed by atoms with E-state index in [2.05, 4.69) is 25.3 Å². The molecule has 0 heterocycles. The molecule has 0 spiro atoms. The highest BCUT2D eigenvalue weighted by molar-refractivity contribution is 7.80. The summed E-state index contributed by atoms with van der Waals surface area (Å²) in [6.07, 6.45) is 3.94. The van der Waals surface area contributed by atoms with Crippen molar-refractivity contribution in [2.24, 2.45) is 0 Å². The SMILES string of the molecule is SC/C=C/CS. The van der Waals surface area contributed by atoms with Gasteiger partial charge in [-0.15, -0.1) is 0 Å². The molecule has 0 bridgehead atoms. The van der Waals surface area contributed by atoms with Gasteiger partial charge in [0.1, 0.15) is 0 Å². The molecule has 0 aliphatic rings. The van der Waals surface area contributed by atoms with Crippen molar-refractivity contribution in [1.82, 2.24) is 0 Å². The van der Waals surface area contributed by atoms with Crippen molar-refractivity contribution < 1.29 is 0 Å². The van der Waals surface area contributed by atoms with Gasteiger partial charge >= 0.3 is 0 Å². The zero-order valence-corrected chi connectivity index (χ0v) is 5.25. The van der Waals surface area contributed by atoms with Crippen LogP contribution in [0.15, 0.2) is 12.2 Å². The second-order valence-corrected chi connectivity index (χ2v) is 1.57. The van der Waals surface area contributed by atoms with Crippen molar-refractivity contribution in [3.05, 3.63) is 12.2 Å². The molecule has 0 saturated heterocycles. The lowest BCUT2D eigenvalue weighted by Gasteiger charge is -1.71. The van der Waals surface area contributed by atoms with E-state index < -0.39 is 0 Å². The van der Waals surface area contributed by atoms with Gasteiger partial charge in [0.2, 0.25) is 0 Å². The summed E-state index contributed by atoms with van der Waals surface area (Å²) in [6, 6.07) is 0. The van der Waals surface area contributed by atoms with Crippen molar-refractivity contribution >= 4 is 25.3 Å². The van der Waals surface area contributed by atoms with Crippen LogP contribution in [0.4, 0.5) is 0 Å².